The van der Waals surface area contributed by atoms with Crippen LogP contribution in [-0.2, 0) is 9.53 Å². The van der Waals surface area contributed by atoms with Crippen molar-refractivity contribution in [3.05, 3.63) is 24.4 Å². The maximum absolute atomic E-state index is 11.9. The van der Waals surface area contributed by atoms with Gasteiger partial charge in [0.2, 0.25) is 0 Å². The third-order valence-corrected chi connectivity index (χ3v) is 3.21. The van der Waals surface area contributed by atoms with Crippen LogP contribution >= 0.6 is 0 Å². The number of ether oxygens (including phenoxy) is 1. The highest BCUT2D eigenvalue weighted by atomic mass is 16.5. The maximum atomic E-state index is 11.9. The zero-order chi connectivity index (χ0) is 12.3. The average Bonchev–Trinajstić information content (AvgIpc) is 2.75. The number of carbonyl (C=O) groups excluding carboxylic acids is 1. The predicted molar refractivity (Wildman–Crippen MR) is 65.8 cm³/mol. The summed E-state index contributed by atoms with van der Waals surface area (Å²) < 4.78 is 5.13. The van der Waals surface area contributed by atoms with Gasteiger partial charge in [0.1, 0.15) is 5.82 Å². The van der Waals surface area contributed by atoms with E-state index in [2.05, 4.69) is 9.88 Å². The van der Waals surface area contributed by atoms with Gasteiger partial charge >= 0.3 is 5.97 Å². The van der Waals surface area contributed by atoms with Crippen LogP contribution in [0.15, 0.2) is 24.4 Å². The van der Waals surface area contributed by atoms with Gasteiger partial charge in [0.25, 0.3) is 0 Å². The van der Waals surface area contributed by atoms with E-state index in [9.17, 15) is 4.79 Å². The van der Waals surface area contributed by atoms with Crippen LogP contribution in [0.4, 0.5) is 5.82 Å². The first-order chi connectivity index (χ1) is 8.15. The van der Waals surface area contributed by atoms with Gasteiger partial charge in [-0.2, -0.15) is 0 Å². The van der Waals surface area contributed by atoms with E-state index in [-0.39, 0.29) is 5.97 Å². The summed E-state index contributed by atoms with van der Waals surface area (Å²) in [5, 5.41) is 0. The summed E-state index contributed by atoms with van der Waals surface area (Å²) in [4.78, 5) is 18.3. The number of pyridine rings is 1. The number of rotatable bonds is 3. The maximum Gasteiger partial charge on any atom is 0.313 e. The highest BCUT2D eigenvalue weighted by Gasteiger charge is 2.41. The number of hydrogen-bond acceptors (Lipinski definition) is 4. The van der Waals surface area contributed by atoms with Crippen molar-refractivity contribution in [1.82, 2.24) is 4.98 Å². The second kappa shape index (κ2) is 4.73. The molecule has 4 nitrogen and oxygen atoms in total. The molecule has 0 amide bonds. The Hall–Kier alpha value is -1.58. The van der Waals surface area contributed by atoms with Gasteiger partial charge in [-0.1, -0.05) is 6.07 Å². The smallest absolute Gasteiger partial charge is 0.313 e. The van der Waals surface area contributed by atoms with Crippen molar-refractivity contribution >= 4 is 11.8 Å². The van der Waals surface area contributed by atoms with Gasteiger partial charge in [0.15, 0.2) is 0 Å². The summed E-state index contributed by atoms with van der Waals surface area (Å²) in [6.45, 7) is 5.79. The molecule has 4 heteroatoms. The van der Waals surface area contributed by atoms with Gasteiger partial charge in [-0.15, -0.1) is 0 Å². The van der Waals surface area contributed by atoms with E-state index < -0.39 is 5.41 Å². The van der Waals surface area contributed by atoms with Gasteiger partial charge < -0.3 is 9.64 Å². The Labute approximate surface area is 102 Å². The Morgan fingerprint density at radius 1 is 1.59 bits per heavy atom. The fourth-order valence-corrected chi connectivity index (χ4v) is 2.17. The lowest BCUT2D eigenvalue weighted by Crippen LogP contribution is -2.33. The summed E-state index contributed by atoms with van der Waals surface area (Å²) in [6, 6.07) is 5.82. The van der Waals surface area contributed by atoms with Crippen LogP contribution in [-0.4, -0.2) is 30.6 Å². The second-order valence-electron chi connectivity index (χ2n) is 4.64. The third kappa shape index (κ3) is 2.40. The topological polar surface area (TPSA) is 42.4 Å². The first kappa shape index (κ1) is 11.9. The summed E-state index contributed by atoms with van der Waals surface area (Å²) >= 11 is 0. The summed E-state index contributed by atoms with van der Waals surface area (Å²) in [5.41, 5.74) is -0.395. The standard InChI is InChI=1S/C13H18N2O2/c1-3-17-12(16)13(2)7-9-15(10-13)11-6-4-5-8-14-11/h4-6,8H,3,7,9-10H2,1-2H3. The molecule has 0 spiro atoms. The molecule has 0 bridgehead atoms. The Kier molecular flexibility index (Phi) is 3.31. The van der Waals surface area contributed by atoms with Crippen LogP contribution in [0, 0.1) is 5.41 Å². The van der Waals surface area contributed by atoms with E-state index in [0.29, 0.717) is 13.2 Å². The number of nitrogens with zero attached hydrogens (tertiary/aromatic N) is 2. The number of anilines is 1. The fraction of sp³-hybridized carbons (Fsp3) is 0.538. The van der Waals surface area contributed by atoms with Gasteiger partial charge in [-0.05, 0) is 32.4 Å². The lowest BCUT2D eigenvalue weighted by Gasteiger charge is -2.22. The zero-order valence-corrected chi connectivity index (χ0v) is 10.3. The molecule has 1 aliphatic heterocycles. The molecule has 1 unspecified atom stereocenters. The highest BCUT2D eigenvalue weighted by molar-refractivity contribution is 5.78. The molecule has 0 N–H and O–H groups in total. The van der Waals surface area contributed by atoms with E-state index in [1.54, 1.807) is 6.20 Å². The number of esters is 1. The zero-order valence-electron chi connectivity index (χ0n) is 10.3. The first-order valence-corrected chi connectivity index (χ1v) is 5.99. The van der Waals surface area contributed by atoms with Crippen molar-refractivity contribution in [3.8, 4) is 0 Å². The normalized spacial score (nSPS) is 23.8. The van der Waals surface area contributed by atoms with Crippen LogP contribution in [0.1, 0.15) is 20.3 Å². The quantitative estimate of drug-likeness (QED) is 0.749. The largest absolute Gasteiger partial charge is 0.466 e. The lowest BCUT2D eigenvalue weighted by molar-refractivity contribution is -0.153. The average molecular weight is 234 g/mol. The molecule has 0 aromatic carbocycles. The van der Waals surface area contributed by atoms with Crippen LogP contribution in [0.2, 0.25) is 0 Å². The monoisotopic (exact) mass is 234 g/mol. The molecular weight excluding hydrogens is 216 g/mol. The highest BCUT2D eigenvalue weighted by Crippen LogP contribution is 2.33. The van der Waals surface area contributed by atoms with Gasteiger partial charge in [-0.3, -0.25) is 4.79 Å². The molecule has 1 aromatic rings. The Morgan fingerprint density at radius 3 is 3.06 bits per heavy atom. The molecule has 1 saturated heterocycles. The summed E-state index contributed by atoms with van der Waals surface area (Å²) in [7, 11) is 0. The first-order valence-electron chi connectivity index (χ1n) is 5.99. The lowest BCUT2D eigenvalue weighted by atomic mass is 9.90. The molecule has 0 aliphatic carbocycles. The van der Waals surface area contributed by atoms with E-state index in [1.807, 2.05) is 32.0 Å². The van der Waals surface area contributed by atoms with Crippen molar-refractivity contribution in [3.63, 3.8) is 0 Å². The van der Waals surface area contributed by atoms with Crippen LogP contribution < -0.4 is 4.90 Å². The van der Waals surface area contributed by atoms with E-state index >= 15 is 0 Å². The van der Waals surface area contributed by atoms with Crippen LogP contribution in [0.3, 0.4) is 0 Å². The summed E-state index contributed by atoms with van der Waals surface area (Å²) in [6.07, 6.45) is 2.60. The van der Waals surface area contributed by atoms with Crippen molar-refractivity contribution < 1.29 is 9.53 Å². The van der Waals surface area contributed by atoms with Crippen molar-refractivity contribution in [2.45, 2.75) is 20.3 Å². The molecule has 2 rings (SSSR count). The van der Waals surface area contributed by atoms with Crippen molar-refractivity contribution in [2.75, 3.05) is 24.6 Å². The number of aromatic nitrogens is 1. The Morgan fingerprint density at radius 2 is 2.41 bits per heavy atom. The van der Waals surface area contributed by atoms with Crippen LogP contribution in [0.5, 0.6) is 0 Å². The van der Waals surface area contributed by atoms with Gasteiger partial charge in [0, 0.05) is 19.3 Å². The molecule has 1 atom stereocenters. The molecule has 92 valence electrons. The van der Waals surface area contributed by atoms with E-state index in [4.69, 9.17) is 4.74 Å². The Balaban J connectivity index is 2.07. The van der Waals surface area contributed by atoms with Crippen molar-refractivity contribution in [1.29, 1.82) is 0 Å². The molecule has 17 heavy (non-hydrogen) atoms. The molecule has 2 heterocycles. The molecule has 0 saturated carbocycles. The molecule has 1 aliphatic rings. The van der Waals surface area contributed by atoms with Gasteiger partial charge in [0.05, 0.1) is 12.0 Å². The number of carbonyl (C=O) groups is 1. The minimum Gasteiger partial charge on any atom is -0.466 e. The van der Waals surface area contributed by atoms with E-state index in [0.717, 1.165) is 18.8 Å². The minimum atomic E-state index is -0.395. The predicted octanol–water partition coefficient (Wildman–Crippen LogP) is 1.86. The van der Waals surface area contributed by atoms with Gasteiger partial charge in [-0.25, -0.2) is 4.98 Å². The fourth-order valence-electron chi connectivity index (χ4n) is 2.17. The second-order valence-corrected chi connectivity index (χ2v) is 4.64. The molecule has 0 radical (unpaired) electrons. The van der Waals surface area contributed by atoms with E-state index in [1.165, 1.54) is 0 Å². The Bertz CT molecular complexity index is 394. The molecule has 1 aromatic heterocycles. The molecule has 1 fully saturated rings. The summed E-state index contributed by atoms with van der Waals surface area (Å²) in [5.74, 6) is 0.832. The minimum absolute atomic E-state index is 0.0987. The third-order valence-electron chi connectivity index (χ3n) is 3.21. The SMILES string of the molecule is CCOC(=O)C1(C)CCN(c2ccccn2)C1. The molecular formula is C13H18N2O2. The van der Waals surface area contributed by atoms with Crippen LogP contribution in [0.25, 0.3) is 0 Å². The van der Waals surface area contributed by atoms with Crippen molar-refractivity contribution in [2.24, 2.45) is 5.41 Å². The number of hydrogen-bond donors (Lipinski definition) is 0.